The molecule has 0 aromatic rings. The van der Waals surface area contributed by atoms with E-state index in [1.165, 1.54) is 32.1 Å². The fourth-order valence-corrected chi connectivity index (χ4v) is 4.30. The van der Waals surface area contributed by atoms with E-state index in [0.29, 0.717) is 11.3 Å². The van der Waals surface area contributed by atoms with Gasteiger partial charge in [-0.15, -0.1) is 0 Å². The summed E-state index contributed by atoms with van der Waals surface area (Å²) in [6.45, 7) is 4.27. The van der Waals surface area contributed by atoms with Crippen LogP contribution in [0.15, 0.2) is 0 Å². The first-order valence-electron chi connectivity index (χ1n) is 6.24. The van der Waals surface area contributed by atoms with Gasteiger partial charge in [0.15, 0.2) is 0 Å². The summed E-state index contributed by atoms with van der Waals surface area (Å²) in [5.41, 5.74) is 6.21. The molecular weight excluding hydrogens is 206 g/mol. The minimum Gasteiger partial charge on any atom is -0.381 e. The second-order valence-corrected chi connectivity index (χ2v) is 6.61. The highest BCUT2D eigenvalue weighted by molar-refractivity contribution is 8.00. The Morgan fingerprint density at radius 1 is 1.13 bits per heavy atom. The summed E-state index contributed by atoms with van der Waals surface area (Å²) in [5, 5.41) is 1.51. The summed E-state index contributed by atoms with van der Waals surface area (Å²) < 4.78 is 5.39. The van der Waals surface area contributed by atoms with Crippen LogP contribution in [0, 0.1) is 5.92 Å². The first-order chi connectivity index (χ1) is 7.25. The zero-order chi connectivity index (χ0) is 10.7. The van der Waals surface area contributed by atoms with Crippen molar-refractivity contribution in [2.24, 2.45) is 11.7 Å². The quantitative estimate of drug-likeness (QED) is 0.790. The van der Waals surface area contributed by atoms with Crippen LogP contribution in [0.4, 0.5) is 0 Å². The molecule has 2 rings (SSSR count). The molecule has 0 radical (unpaired) electrons. The Morgan fingerprint density at radius 3 is 2.60 bits per heavy atom. The third-order valence-corrected chi connectivity index (χ3v) is 5.39. The van der Waals surface area contributed by atoms with Crippen molar-refractivity contribution in [3.63, 3.8) is 0 Å². The van der Waals surface area contributed by atoms with Crippen molar-refractivity contribution in [2.45, 2.75) is 55.6 Å². The van der Waals surface area contributed by atoms with E-state index < -0.39 is 0 Å². The SMILES string of the molecule is CC1CCC(N)C(SC2CCOCC2)C1. The van der Waals surface area contributed by atoms with E-state index in [9.17, 15) is 0 Å². The first-order valence-corrected chi connectivity index (χ1v) is 7.19. The normalized spacial score (nSPS) is 39.2. The van der Waals surface area contributed by atoms with Gasteiger partial charge in [0.25, 0.3) is 0 Å². The van der Waals surface area contributed by atoms with Gasteiger partial charge in [0.1, 0.15) is 0 Å². The largest absolute Gasteiger partial charge is 0.381 e. The molecule has 1 saturated carbocycles. The number of hydrogen-bond acceptors (Lipinski definition) is 3. The molecule has 0 aromatic heterocycles. The fourth-order valence-electron chi connectivity index (χ4n) is 2.57. The van der Waals surface area contributed by atoms with Crippen LogP contribution in [0.2, 0.25) is 0 Å². The molecule has 0 spiro atoms. The summed E-state index contributed by atoms with van der Waals surface area (Å²) >= 11 is 2.15. The van der Waals surface area contributed by atoms with Gasteiger partial charge in [-0.25, -0.2) is 0 Å². The van der Waals surface area contributed by atoms with E-state index >= 15 is 0 Å². The average Bonchev–Trinajstić information content (AvgIpc) is 2.25. The topological polar surface area (TPSA) is 35.2 Å². The Hall–Kier alpha value is 0.270. The van der Waals surface area contributed by atoms with E-state index in [-0.39, 0.29) is 0 Å². The molecule has 3 heteroatoms. The lowest BCUT2D eigenvalue weighted by Gasteiger charge is -2.35. The summed E-state index contributed by atoms with van der Waals surface area (Å²) in [6, 6.07) is 0.439. The van der Waals surface area contributed by atoms with E-state index in [1.54, 1.807) is 0 Å². The van der Waals surface area contributed by atoms with Crippen molar-refractivity contribution in [3.05, 3.63) is 0 Å². The predicted molar refractivity (Wildman–Crippen MR) is 66.2 cm³/mol. The zero-order valence-corrected chi connectivity index (χ0v) is 10.5. The van der Waals surface area contributed by atoms with Crippen molar-refractivity contribution in [3.8, 4) is 0 Å². The third kappa shape index (κ3) is 3.36. The number of ether oxygens (including phenoxy) is 1. The number of hydrogen-bond donors (Lipinski definition) is 1. The van der Waals surface area contributed by atoms with Gasteiger partial charge in [0.05, 0.1) is 0 Å². The Bertz CT molecular complexity index is 194. The van der Waals surface area contributed by atoms with Gasteiger partial charge in [-0.05, 0) is 38.0 Å². The van der Waals surface area contributed by atoms with Crippen LogP contribution >= 0.6 is 11.8 Å². The van der Waals surface area contributed by atoms with Gasteiger partial charge < -0.3 is 10.5 Å². The van der Waals surface area contributed by atoms with Crippen LogP contribution < -0.4 is 5.73 Å². The maximum atomic E-state index is 6.21. The van der Waals surface area contributed by atoms with Crippen LogP contribution in [0.1, 0.15) is 39.0 Å². The number of rotatable bonds is 2. The van der Waals surface area contributed by atoms with Gasteiger partial charge in [0.2, 0.25) is 0 Å². The predicted octanol–water partition coefficient (Wildman–Crippen LogP) is 2.41. The molecule has 88 valence electrons. The summed E-state index contributed by atoms with van der Waals surface area (Å²) in [4.78, 5) is 0. The van der Waals surface area contributed by atoms with Gasteiger partial charge in [-0.3, -0.25) is 0 Å². The minimum absolute atomic E-state index is 0.439. The van der Waals surface area contributed by atoms with Gasteiger partial charge in [-0.2, -0.15) is 11.8 Å². The lowest BCUT2D eigenvalue weighted by molar-refractivity contribution is 0.0998. The number of nitrogens with two attached hydrogens (primary N) is 1. The van der Waals surface area contributed by atoms with Gasteiger partial charge in [-0.1, -0.05) is 6.92 Å². The Kier molecular flexibility index (Phi) is 4.35. The van der Waals surface area contributed by atoms with Crippen molar-refractivity contribution in [2.75, 3.05) is 13.2 Å². The molecule has 2 aliphatic rings. The summed E-state index contributed by atoms with van der Waals surface area (Å²) in [7, 11) is 0. The molecule has 2 fully saturated rings. The lowest BCUT2D eigenvalue weighted by atomic mass is 9.87. The smallest absolute Gasteiger partial charge is 0.0476 e. The highest BCUT2D eigenvalue weighted by Gasteiger charge is 2.29. The molecule has 3 unspecified atom stereocenters. The molecule has 2 N–H and O–H groups in total. The monoisotopic (exact) mass is 229 g/mol. The minimum atomic E-state index is 0.439. The molecule has 2 nitrogen and oxygen atoms in total. The van der Waals surface area contributed by atoms with Crippen LogP contribution in [-0.2, 0) is 4.74 Å². The van der Waals surface area contributed by atoms with E-state index in [0.717, 1.165) is 24.4 Å². The molecule has 15 heavy (non-hydrogen) atoms. The second kappa shape index (κ2) is 5.55. The second-order valence-electron chi connectivity index (χ2n) is 5.07. The van der Waals surface area contributed by atoms with Crippen LogP contribution in [0.5, 0.6) is 0 Å². The Balaban J connectivity index is 1.80. The Morgan fingerprint density at radius 2 is 1.87 bits per heavy atom. The van der Waals surface area contributed by atoms with Crippen molar-refractivity contribution in [1.82, 2.24) is 0 Å². The summed E-state index contributed by atoms with van der Waals surface area (Å²) in [5.74, 6) is 0.877. The molecule has 1 heterocycles. The molecule has 0 aromatic carbocycles. The standard InChI is InChI=1S/C12H23NOS/c1-9-2-3-11(13)12(8-9)15-10-4-6-14-7-5-10/h9-12H,2-8,13H2,1H3. The maximum absolute atomic E-state index is 6.21. The highest BCUT2D eigenvalue weighted by Crippen LogP contribution is 2.36. The molecule has 1 saturated heterocycles. The molecule has 1 aliphatic heterocycles. The average molecular weight is 229 g/mol. The number of thioether (sulfide) groups is 1. The molecule has 0 amide bonds. The Labute approximate surface area is 97.3 Å². The fraction of sp³-hybridized carbons (Fsp3) is 1.00. The highest BCUT2D eigenvalue weighted by atomic mass is 32.2. The third-order valence-electron chi connectivity index (χ3n) is 3.64. The van der Waals surface area contributed by atoms with E-state index in [1.807, 2.05) is 0 Å². The van der Waals surface area contributed by atoms with E-state index in [2.05, 4.69) is 18.7 Å². The molecular formula is C12H23NOS. The van der Waals surface area contributed by atoms with Crippen molar-refractivity contribution in [1.29, 1.82) is 0 Å². The molecule has 0 bridgehead atoms. The van der Waals surface area contributed by atoms with Crippen LogP contribution in [0.25, 0.3) is 0 Å². The van der Waals surface area contributed by atoms with Crippen molar-refractivity contribution < 1.29 is 4.74 Å². The first kappa shape index (κ1) is 11.7. The van der Waals surface area contributed by atoms with Gasteiger partial charge >= 0.3 is 0 Å². The zero-order valence-electron chi connectivity index (χ0n) is 9.65. The maximum Gasteiger partial charge on any atom is 0.0476 e. The van der Waals surface area contributed by atoms with Gasteiger partial charge in [0, 0.05) is 29.8 Å². The molecule has 3 atom stereocenters. The van der Waals surface area contributed by atoms with E-state index in [4.69, 9.17) is 10.5 Å². The molecule has 1 aliphatic carbocycles. The van der Waals surface area contributed by atoms with Crippen LogP contribution in [-0.4, -0.2) is 29.8 Å². The lowest BCUT2D eigenvalue weighted by Crippen LogP contribution is -2.39. The summed E-state index contributed by atoms with van der Waals surface area (Å²) in [6.07, 6.45) is 6.32. The van der Waals surface area contributed by atoms with Crippen molar-refractivity contribution >= 4 is 11.8 Å². The van der Waals surface area contributed by atoms with Crippen LogP contribution in [0.3, 0.4) is 0 Å².